The van der Waals surface area contributed by atoms with Gasteiger partial charge in [0.15, 0.2) is 0 Å². The molecule has 0 radical (unpaired) electrons. The van der Waals surface area contributed by atoms with Crippen LogP contribution in [0, 0.1) is 6.92 Å². The standard InChI is InChI=1S/C25H39ClO4/c1-3-4-5-6-7-8-9-10-11-14-19-29-24(27)15-12-13-16-25(28)30-23-20-21(2)17-18-22(23)26/h17-18,20H,3-16,19H2,1-2H3. The second-order valence-electron chi connectivity index (χ2n) is 8.02. The first-order chi connectivity index (χ1) is 14.5. The van der Waals surface area contributed by atoms with Crippen LogP contribution in [0.3, 0.4) is 0 Å². The minimum absolute atomic E-state index is 0.180. The fourth-order valence-electron chi connectivity index (χ4n) is 3.25. The number of rotatable bonds is 17. The molecule has 1 rings (SSSR count). The van der Waals surface area contributed by atoms with Crippen LogP contribution in [0.15, 0.2) is 18.2 Å². The van der Waals surface area contributed by atoms with Crippen molar-refractivity contribution in [3.63, 3.8) is 0 Å². The zero-order valence-corrected chi connectivity index (χ0v) is 19.6. The van der Waals surface area contributed by atoms with E-state index in [9.17, 15) is 9.59 Å². The van der Waals surface area contributed by atoms with Crippen molar-refractivity contribution < 1.29 is 19.1 Å². The Balaban J connectivity index is 1.95. The van der Waals surface area contributed by atoms with Gasteiger partial charge >= 0.3 is 11.9 Å². The van der Waals surface area contributed by atoms with Crippen LogP contribution in [0.1, 0.15) is 102 Å². The number of carbonyl (C=O) groups excluding carboxylic acids is 2. The van der Waals surface area contributed by atoms with Crippen molar-refractivity contribution in [1.82, 2.24) is 0 Å². The maximum absolute atomic E-state index is 11.9. The minimum Gasteiger partial charge on any atom is -0.466 e. The van der Waals surface area contributed by atoms with Gasteiger partial charge in [0.05, 0.1) is 11.6 Å². The zero-order chi connectivity index (χ0) is 22.0. The van der Waals surface area contributed by atoms with Gasteiger partial charge in [-0.25, -0.2) is 0 Å². The lowest BCUT2D eigenvalue weighted by molar-refractivity contribution is -0.144. The largest absolute Gasteiger partial charge is 0.466 e. The maximum Gasteiger partial charge on any atom is 0.311 e. The van der Waals surface area contributed by atoms with Crippen LogP contribution >= 0.6 is 11.6 Å². The number of esters is 2. The first-order valence-corrected chi connectivity index (χ1v) is 12.0. The Bertz CT molecular complexity index is 615. The molecule has 0 fully saturated rings. The smallest absolute Gasteiger partial charge is 0.311 e. The summed E-state index contributed by atoms with van der Waals surface area (Å²) in [4.78, 5) is 23.7. The molecule has 0 spiro atoms. The molecule has 1 aromatic carbocycles. The van der Waals surface area contributed by atoms with E-state index in [0.29, 0.717) is 36.6 Å². The van der Waals surface area contributed by atoms with Gasteiger partial charge in [-0.1, -0.05) is 82.4 Å². The number of benzene rings is 1. The minimum atomic E-state index is -0.332. The molecule has 0 heterocycles. The molecule has 0 atom stereocenters. The molecule has 0 saturated carbocycles. The average molecular weight is 439 g/mol. The van der Waals surface area contributed by atoms with Gasteiger partial charge in [0.25, 0.3) is 0 Å². The lowest BCUT2D eigenvalue weighted by atomic mass is 10.1. The first-order valence-electron chi connectivity index (χ1n) is 11.7. The zero-order valence-electron chi connectivity index (χ0n) is 18.8. The van der Waals surface area contributed by atoms with Gasteiger partial charge in [-0.3, -0.25) is 9.59 Å². The topological polar surface area (TPSA) is 52.6 Å². The molecule has 1 aromatic rings. The Kier molecular flexibility index (Phi) is 15.2. The molecule has 0 aliphatic heterocycles. The fraction of sp³-hybridized carbons (Fsp3) is 0.680. The van der Waals surface area contributed by atoms with Gasteiger partial charge in [-0.15, -0.1) is 0 Å². The van der Waals surface area contributed by atoms with Crippen LogP contribution in [0.2, 0.25) is 5.02 Å². The van der Waals surface area contributed by atoms with Crippen molar-refractivity contribution in [3.05, 3.63) is 28.8 Å². The Morgan fingerprint density at radius 2 is 1.37 bits per heavy atom. The summed E-state index contributed by atoms with van der Waals surface area (Å²) in [7, 11) is 0. The molecule has 0 aliphatic carbocycles. The third kappa shape index (κ3) is 13.6. The van der Waals surface area contributed by atoms with E-state index < -0.39 is 0 Å². The summed E-state index contributed by atoms with van der Waals surface area (Å²) in [5, 5.41) is 0.421. The Hall–Kier alpha value is -1.55. The highest BCUT2D eigenvalue weighted by Gasteiger charge is 2.10. The summed E-state index contributed by atoms with van der Waals surface area (Å²) < 4.78 is 10.6. The normalized spacial score (nSPS) is 10.8. The highest BCUT2D eigenvalue weighted by molar-refractivity contribution is 6.32. The Morgan fingerprint density at radius 3 is 2.00 bits per heavy atom. The summed E-state index contributed by atoms with van der Waals surface area (Å²) in [6.07, 6.45) is 14.4. The number of hydrogen-bond donors (Lipinski definition) is 0. The summed E-state index contributed by atoms with van der Waals surface area (Å²) >= 11 is 6.02. The van der Waals surface area contributed by atoms with Gasteiger partial charge in [0.1, 0.15) is 5.75 Å². The number of halogens is 1. The molecule has 0 saturated heterocycles. The van der Waals surface area contributed by atoms with E-state index in [0.717, 1.165) is 18.4 Å². The van der Waals surface area contributed by atoms with E-state index in [1.54, 1.807) is 12.1 Å². The number of aryl methyl sites for hydroxylation is 1. The van der Waals surface area contributed by atoms with Crippen LogP contribution in [-0.2, 0) is 14.3 Å². The van der Waals surface area contributed by atoms with Crippen LogP contribution in [0.25, 0.3) is 0 Å². The van der Waals surface area contributed by atoms with E-state index in [-0.39, 0.29) is 18.4 Å². The molecule has 0 aromatic heterocycles. The van der Waals surface area contributed by atoms with E-state index in [1.165, 1.54) is 51.4 Å². The Labute approximate surface area is 187 Å². The van der Waals surface area contributed by atoms with E-state index >= 15 is 0 Å². The van der Waals surface area contributed by atoms with E-state index in [4.69, 9.17) is 21.1 Å². The second-order valence-corrected chi connectivity index (χ2v) is 8.42. The van der Waals surface area contributed by atoms with Gasteiger partial charge in [0, 0.05) is 12.8 Å². The monoisotopic (exact) mass is 438 g/mol. The van der Waals surface area contributed by atoms with Crippen LogP contribution in [0.4, 0.5) is 0 Å². The lowest BCUT2D eigenvalue weighted by Crippen LogP contribution is -2.09. The van der Waals surface area contributed by atoms with Crippen LogP contribution in [0.5, 0.6) is 5.75 Å². The quantitative estimate of drug-likeness (QED) is 0.143. The number of hydrogen-bond acceptors (Lipinski definition) is 4. The Morgan fingerprint density at radius 1 is 0.800 bits per heavy atom. The number of unbranched alkanes of at least 4 members (excludes halogenated alkanes) is 10. The maximum atomic E-state index is 11.9. The molecule has 4 nitrogen and oxygen atoms in total. The average Bonchev–Trinajstić information content (AvgIpc) is 2.72. The summed E-state index contributed by atoms with van der Waals surface area (Å²) in [5.74, 6) is -0.125. The molecular formula is C25H39ClO4. The van der Waals surface area contributed by atoms with Crippen LogP contribution < -0.4 is 4.74 Å². The molecule has 0 N–H and O–H groups in total. The third-order valence-corrected chi connectivity index (χ3v) is 5.40. The van der Waals surface area contributed by atoms with Crippen LogP contribution in [-0.4, -0.2) is 18.5 Å². The summed E-state index contributed by atoms with van der Waals surface area (Å²) in [6.45, 7) is 4.66. The van der Waals surface area contributed by atoms with Gasteiger partial charge in [-0.2, -0.15) is 0 Å². The molecule has 0 amide bonds. The predicted molar refractivity (Wildman–Crippen MR) is 123 cm³/mol. The lowest BCUT2D eigenvalue weighted by Gasteiger charge is -2.07. The third-order valence-electron chi connectivity index (χ3n) is 5.08. The highest BCUT2D eigenvalue weighted by Crippen LogP contribution is 2.25. The van der Waals surface area contributed by atoms with E-state index in [1.807, 2.05) is 13.0 Å². The van der Waals surface area contributed by atoms with Crippen molar-refractivity contribution in [3.8, 4) is 5.75 Å². The van der Waals surface area contributed by atoms with Gasteiger partial charge in [0.2, 0.25) is 0 Å². The summed E-state index contributed by atoms with van der Waals surface area (Å²) in [6, 6.07) is 5.32. The summed E-state index contributed by atoms with van der Waals surface area (Å²) in [5.41, 5.74) is 0.979. The molecule has 170 valence electrons. The van der Waals surface area contributed by atoms with Crippen molar-refractivity contribution in [2.45, 2.75) is 104 Å². The molecule has 30 heavy (non-hydrogen) atoms. The number of ether oxygens (including phenoxy) is 2. The van der Waals surface area contributed by atoms with Crippen molar-refractivity contribution in [2.24, 2.45) is 0 Å². The molecule has 0 aliphatic rings. The molecule has 0 bridgehead atoms. The molecular weight excluding hydrogens is 400 g/mol. The van der Waals surface area contributed by atoms with Crippen molar-refractivity contribution >= 4 is 23.5 Å². The predicted octanol–water partition coefficient (Wildman–Crippen LogP) is 7.58. The van der Waals surface area contributed by atoms with Crippen molar-refractivity contribution in [2.75, 3.05) is 6.61 Å². The fourth-order valence-corrected chi connectivity index (χ4v) is 3.40. The highest BCUT2D eigenvalue weighted by atomic mass is 35.5. The van der Waals surface area contributed by atoms with Crippen molar-refractivity contribution in [1.29, 1.82) is 0 Å². The number of carbonyl (C=O) groups is 2. The SMILES string of the molecule is CCCCCCCCCCCCOC(=O)CCCCC(=O)Oc1cc(C)ccc1Cl. The van der Waals surface area contributed by atoms with Gasteiger partial charge in [-0.05, 0) is 43.9 Å². The first kappa shape index (κ1) is 26.5. The van der Waals surface area contributed by atoms with Gasteiger partial charge < -0.3 is 9.47 Å². The molecule has 5 heteroatoms. The van der Waals surface area contributed by atoms with E-state index in [2.05, 4.69) is 6.92 Å². The second kappa shape index (κ2) is 17.2. The molecule has 0 unspecified atom stereocenters.